The molecule has 24 heavy (non-hydrogen) atoms. The van der Waals surface area contributed by atoms with Gasteiger partial charge in [-0.25, -0.2) is 0 Å². The maximum Gasteiger partial charge on any atom is 0.103 e. The van der Waals surface area contributed by atoms with E-state index in [4.69, 9.17) is 10.8 Å². The molecule has 0 saturated heterocycles. The largest absolute Gasteiger partial charge is 0.398 e. The van der Waals surface area contributed by atoms with E-state index in [1.807, 2.05) is 6.07 Å². The van der Waals surface area contributed by atoms with Gasteiger partial charge < -0.3 is 10.6 Å². The van der Waals surface area contributed by atoms with Crippen molar-refractivity contribution in [3.8, 4) is 11.3 Å². The smallest absolute Gasteiger partial charge is 0.103 e. The number of benzene rings is 2. The fourth-order valence-electron chi connectivity index (χ4n) is 3.12. The Kier molecular flexibility index (Phi) is 4.76. The molecule has 2 aromatic carbocycles. The van der Waals surface area contributed by atoms with Gasteiger partial charge in [-0.15, -0.1) is 12.4 Å². The summed E-state index contributed by atoms with van der Waals surface area (Å²) in [6.07, 6.45) is 1.08. The summed E-state index contributed by atoms with van der Waals surface area (Å²) in [4.78, 5) is 4.59. The molecule has 0 unspecified atom stereocenters. The lowest BCUT2D eigenvalue weighted by molar-refractivity contribution is 0.383. The SMILES string of the molecule is CN(C)CCCn1nc2c3c(c(N)ccc31)Sc1ccccc1-2.Cl. The van der Waals surface area contributed by atoms with Crippen LogP contribution in [-0.2, 0) is 6.54 Å². The van der Waals surface area contributed by atoms with Crippen molar-refractivity contribution in [1.29, 1.82) is 0 Å². The first-order chi connectivity index (χ1) is 11.1. The summed E-state index contributed by atoms with van der Waals surface area (Å²) >= 11 is 1.76. The second kappa shape index (κ2) is 6.67. The van der Waals surface area contributed by atoms with Crippen molar-refractivity contribution in [1.82, 2.24) is 14.7 Å². The average molecular weight is 361 g/mol. The lowest BCUT2D eigenvalue weighted by atomic mass is 10.1. The van der Waals surface area contributed by atoms with E-state index in [0.717, 1.165) is 35.8 Å². The van der Waals surface area contributed by atoms with Gasteiger partial charge in [0.25, 0.3) is 0 Å². The maximum absolute atomic E-state index is 6.24. The van der Waals surface area contributed by atoms with Gasteiger partial charge in [-0.3, -0.25) is 4.68 Å². The molecule has 0 bridgehead atoms. The van der Waals surface area contributed by atoms with Crippen molar-refractivity contribution in [2.75, 3.05) is 26.4 Å². The van der Waals surface area contributed by atoms with Crippen molar-refractivity contribution in [3.63, 3.8) is 0 Å². The van der Waals surface area contributed by atoms with Crippen molar-refractivity contribution in [2.45, 2.75) is 22.8 Å². The van der Waals surface area contributed by atoms with Crippen LogP contribution < -0.4 is 5.73 Å². The van der Waals surface area contributed by atoms with Crippen LogP contribution in [0, 0.1) is 0 Å². The molecule has 0 amide bonds. The van der Waals surface area contributed by atoms with Gasteiger partial charge >= 0.3 is 0 Å². The zero-order valence-electron chi connectivity index (χ0n) is 13.8. The second-order valence-electron chi connectivity index (χ2n) is 6.20. The van der Waals surface area contributed by atoms with Crippen LogP contribution in [0.5, 0.6) is 0 Å². The number of anilines is 1. The molecule has 2 N–H and O–H groups in total. The number of hydrogen-bond donors (Lipinski definition) is 1. The number of halogens is 1. The predicted octanol–water partition coefficient (Wildman–Crippen LogP) is 4.12. The van der Waals surface area contributed by atoms with Crippen molar-refractivity contribution in [3.05, 3.63) is 36.4 Å². The van der Waals surface area contributed by atoms with E-state index >= 15 is 0 Å². The van der Waals surface area contributed by atoms with Gasteiger partial charge in [0.1, 0.15) is 5.69 Å². The quantitative estimate of drug-likeness (QED) is 0.556. The number of aromatic nitrogens is 2. The zero-order valence-corrected chi connectivity index (χ0v) is 15.5. The van der Waals surface area contributed by atoms with Gasteiger partial charge in [-0.2, -0.15) is 5.10 Å². The Morgan fingerprint density at radius 2 is 1.96 bits per heavy atom. The van der Waals surface area contributed by atoms with Crippen LogP contribution in [0.2, 0.25) is 0 Å². The molecule has 1 aliphatic rings. The standard InChI is InChI=1S/C18H20N4S.ClH/c1-21(2)10-5-11-22-14-9-8-13(19)18-16(14)17(20-22)12-6-3-4-7-15(12)23-18;/h3-4,6-9H,5,10-11,19H2,1-2H3;1H. The van der Waals surface area contributed by atoms with Crippen LogP contribution in [-0.4, -0.2) is 35.3 Å². The molecule has 2 heterocycles. The number of nitrogens with zero attached hydrogens (tertiary/aromatic N) is 3. The van der Waals surface area contributed by atoms with Gasteiger partial charge in [-0.1, -0.05) is 30.0 Å². The minimum absolute atomic E-state index is 0. The molecule has 0 fully saturated rings. The van der Waals surface area contributed by atoms with Crippen LogP contribution in [0.4, 0.5) is 5.69 Å². The van der Waals surface area contributed by atoms with Gasteiger partial charge in [0, 0.05) is 33.0 Å². The first-order valence-corrected chi connectivity index (χ1v) is 8.68. The highest BCUT2D eigenvalue weighted by atomic mass is 35.5. The van der Waals surface area contributed by atoms with Crippen molar-refractivity contribution >= 4 is 40.8 Å². The minimum Gasteiger partial charge on any atom is -0.398 e. The van der Waals surface area contributed by atoms with E-state index in [-0.39, 0.29) is 12.4 Å². The van der Waals surface area contributed by atoms with E-state index in [0.29, 0.717) is 0 Å². The van der Waals surface area contributed by atoms with E-state index in [2.05, 4.69) is 54.0 Å². The summed E-state index contributed by atoms with van der Waals surface area (Å²) in [5.74, 6) is 0. The molecule has 0 radical (unpaired) electrons. The van der Waals surface area contributed by atoms with Crippen LogP contribution in [0.15, 0.2) is 46.2 Å². The summed E-state index contributed by atoms with van der Waals surface area (Å²) in [6, 6.07) is 12.6. The number of nitrogens with two attached hydrogens (primary N) is 1. The number of nitrogen functional groups attached to an aromatic ring is 1. The van der Waals surface area contributed by atoms with Crippen molar-refractivity contribution in [2.24, 2.45) is 0 Å². The van der Waals surface area contributed by atoms with Gasteiger partial charge in [0.15, 0.2) is 0 Å². The molecule has 1 aromatic heterocycles. The normalized spacial score (nSPS) is 12.3. The van der Waals surface area contributed by atoms with E-state index in [9.17, 15) is 0 Å². The Bertz CT molecular complexity index is 888. The summed E-state index contributed by atoms with van der Waals surface area (Å²) in [5, 5.41) is 6.14. The number of aryl methyl sites for hydroxylation is 1. The summed E-state index contributed by atoms with van der Waals surface area (Å²) < 4.78 is 2.14. The van der Waals surface area contributed by atoms with Crippen LogP contribution in [0.1, 0.15) is 6.42 Å². The summed E-state index contributed by atoms with van der Waals surface area (Å²) in [7, 11) is 4.21. The third-order valence-electron chi connectivity index (χ3n) is 4.23. The Morgan fingerprint density at radius 1 is 1.17 bits per heavy atom. The maximum atomic E-state index is 6.24. The molecule has 4 nitrogen and oxygen atoms in total. The lowest BCUT2D eigenvalue weighted by Crippen LogP contribution is -2.15. The molecule has 0 atom stereocenters. The number of fused-ring (bicyclic) bond motifs is 2. The Morgan fingerprint density at radius 3 is 2.75 bits per heavy atom. The summed E-state index contributed by atoms with van der Waals surface area (Å²) in [6.45, 7) is 1.98. The zero-order chi connectivity index (χ0) is 16.0. The highest BCUT2D eigenvalue weighted by molar-refractivity contribution is 8.00. The first kappa shape index (κ1) is 17.1. The van der Waals surface area contributed by atoms with Crippen LogP contribution >= 0.6 is 24.2 Å². The Labute approximate surface area is 152 Å². The van der Waals surface area contributed by atoms with Crippen LogP contribution in [0.25, 0.3) is 22.2 Å². The van der Waals surface area contributed by atoms with Crippen LogP contribution in [0.3, 0.4) is 0 Å². The Hall–Kier alpha value is -1.69. The molecule has 3 aromatic rings. The highest BCUT2D eigenvalue weighted by Gasteiger charge is 2.24. The number of hydrogen-bond acceptors (Lipinski definition) is 4. The third-order valence-corrected chi connectivity index (χ3v) is 5.45. The third kappa shape index (κ3) is 2.77. The highest BCUT2D eigenvalue weighted by Crippen LogP contribution is 2.49. The predicted molar refractivity (Wildman–Crippen MR) is 104 cm³/mol. The molecule has 4 rings (SSSR count). The molecule has 126 valence electrons. The Balaban J connectivity index is 0.00000169. The molecule has 6 heteroatoms. The molecular formula is C18H21ClN4S. The van der Waals surface area contributed by atoms with Gasteiger partial charge in [0.2, 0.25) is 0 Å². The molecule has 0 spiro atoms. The topological polar surface area (TPSA) is 47.1 Å². The fraction of sp³-hybridized carbons (Fsp3) is 0.278. The lowest BCUT2D eigenvalue weighted by Gasteiger charge is -2.16. The van der Waals surface area contributed by atoms with Crippen molar-refractivity contribution < 1.29 is 0 Å². The van der Waals surface area contributed by atoms with E-state index in [1.54, 1.807) is 11.8 Å². The second-order valence-corrected chi connectivity index (χ2v) is 7.26. The molecule has 0 aliphatic carbocycles. The molecule has 0 saturated carbocycles. The first-order valence-electron chi connectivity index (χ1n) is 7.86. The average Bonchev–Trinajstić information content (AvgIpc) is 2.90. The van der Waals surface area contributed by atoms with E-state index in [1.165, 1.54) is 21.4 Å². The summed E-state index contributed by atoms with van der Waals surface area (Å²) in [5.41, 5.74) is 10.6. The van der Waals surface area contributed by atoms with E-state index < -0.39 is 0 Å². The molecular weight excluding hydrogens is 340 g/mol. The fourth-order valence-corrected chi connectivity index (χ4v) is 4.25. The minimum atomic E-state index is 0. The monoisotopic (exact) mass is 360 g/mol. The molecule has 1 aliphatic heterocycles. The van der Waals surface area contributed by atoms with Gasteiger partial charge in [-0.05, 0) is 45.3 Å². The number of rotatable bonds is 4. The van der Waals surface area contributed by atoms with Gasteiger partial charge in [0.05, 0.1) is 5.52 Å².